The molecule has 1 atom stereocenters. The first-order valence-corrected chi connectivity index (χ1v) is 7.17. The molecule has 0 saturated carbocycles. The summed E-state index contributed by atoms with van der Waals surface area (Å²) in [5.41, 5.74) is -3.04. The molecule has 0 saturated heterocycles. The van der Waals surface area contributed by atoms with Crippen LogP contribution in [0.3, 0.4) is 0 Å². The summed E-state index contributed by atoms with van der Waals surface area (Å²) in [6, 6.07) is 7.79. The number of methoxy groups -OCH3 is 1. The van der Waals surface area contributed by atoms with Crippen molar-refractivity contribution in [2.75, 3.05) is 12.4 Å². The van der Waals surface area contributed by atoms with Crippen LogP contribution in [0.25, 0.3) is 10.9 Å². The monoisotopic (exact) mass is 350 g/mol. The molecule has 2 N–H and O–H groups in total. The van der Waals surface area contributed by atoms with Crippen molar-refractivity contribution in [3.63, 3.8) is 0 Å². The molecule has 3 aromatic rings. The molecule has 0 bridgehead atoms. The number of esters is 1. The number of rotatable bonds is 4. The van der Waals surface area contributed by atoms with E-state index in [0.717, 1.165) is 13.3 Å². The second-order valence-corrected chi connectivity index (χ2v) is 5.18. The summed E-state index contributed by atoms with van der Waals surface area (Å²) < 4.78 is 47.0. The molecule has 0 aliphatic rings. The van der Waals surface area contributed by atoms with E-state index in [1.54, 1.807) is 18.2 Å². The third-order valence-corrected chi connectivity index (χ3v) is 3.78. The van der Waals surface area contributed by atoms with E-state index in [2.05, 4.69) is 25.0 Å². The molecule has 1 aromatic carbocycles. The summed E-state index contributed by atoms with van der Waals surface area (Å²) in [5.74, 6) is -1.87. The van der Waals surface area contributed by atoms with Crippen LogP contribution in [0.1, 0.15) is 5.56 Å². The molecule has 6 nitrogen and oxygen atoms in total. The number of benzene rings is 1. The van der Waals surface area contributed by atoms with E-state index in [9.17, 15) is 18.0 Å². The number of nitrogens with one attached hydrogen (secondary N) is 2. The lowest BCUT2D eigenvalue weighted by atomic mass is 9.88. The van der Waals surface area contributed by atoms with Crippen LogP contribution in [0, 0.1) is 0 Å². The molecule has 0 fully saturated rings. The number of aromatic amines is 1. The lowest BCUT2D eigenvalue weighted by molar-refractivity contribution is -0.201. The first-order chi connectivity index (χ1) is 11.9. The molecule has 1 unspecified atom stereocenters. The minimum Gasteiger partial charge on any atom is -0.467 e. The second-order valence-electron chi connectivity index (χ2n) is 5.18. The Morgan fingerprint density at radius 1 is 1.16 bits per heavy atom. The summed E-state index contributed by atoms with van der Waals surface area (Å²) in [6.07, 6.45) is -1.36. The molecule has 2 heterocycles. The minimum atomic E-state index is -5.02. The van der Waals surface area contributed by atoms with Gasteiger partial charge in [-0.25, -0.2) is 14.8 Å². The van der Waals surface area contributed by atoms with Crippen molar-refractivity contribution in [2.24, 2.45) is 0 Å². The molecular formula is C16H13F3N4O2. The molecule has 9 heteroatoms. The van der Waals surface area contributed by atoms with Gasteiger partial charge in [-0.15, -0.1) is 0 Å². The molecule has 2 aromatic heterocycles. The van der Waals surface area contributed by atoms with Gasteiger partial charge in [-0.05, 0) is 12.1 Å². The molecule has 25 heavy (non-hydrogen) atoms. The largest absolute Gasteiger partial charge is 0.467 e. The van der Waals surface area contributed by atoms with Gasteiger partial charge < -0.3 is 15.0 Å². The molecule has 3 rings (SSSR count). The first kappa shape index (κ1) is 16.7. The van der Waals surface area contributed by atoms with Crippen LogP contribution < -0.4 is 5.32 Å². The van der Waals surface area contributed by atoms with Gasteiger partial charge in [0.2, 0.25) is 5.95 Å². The van der Waals surface area contributed by atoms with Crippen molar-refractivity contribution in [1.82, 2.24) is 15.0 Å². The van der Waals surface area contributed by atoms with Gasteiger partial charge in [0.15, 0.2) is 0 Å². The van der Waals surface area contributed by atoms with E-state index in [0.29, 0.717) is 5.52 Å². The predicted octanol–water partition coefficient (Wildman–Crippen LogP) is 3.00. The van der Waals surface area contributed by atoms with Crippen molar-refractivity contribution in [2.45, 2.75) is 11.7 Å². The van der Waals surface area contributed by atoms with Gasteiger partial charge in [0.25, 0.3) is 5.54 Å². The maximum absolute atomic E-state index is 14.2. The Labute approximate surface area is 140 Å². The zero-order chi connectivity index (χ0) is 18.1. The van der Waals surface area contributed by atoms with Crippen molar-refractivity contribution in [3.05, 3.63) is 54.5 Å². The van der Waals surface area contributed by atoms with E-state index < -0.39 is 17.7 Å². The maximum atomic E-state index is 14.2. The summed E-state index contributed by atoms with van der Waals surface area (Å²) in [5, 5.41) is 2.37. The SMILES string of the molecule is COC(=O)C(Nc1ncccn1)(c1c[nH]c2ccccc12)C(F)(F)F. The Hall–Kier alpha value is -3.10. The number of H-pyrrole nitrogens is 1. The Balaban J connectivity index is 2.29. The van der Waals surface area contributed by atoms with E-state index in [4.69, 9.17) is 0 Å². The summed E-state index contributed by atoms with van der Waals surface area (Å²) in [6.45, 7) is 0. The lowest BCUT2D eigenvalue weighted by Gasteiger charge is -2.33. The summed E-state index contributed by atoms with van der Waals surface area (Å²) in [7, 11) is 0.894. The normalized spacial score (nSPS) is 14.1. The van der Waals surface area contributed by atoms with Gasteiger partial charge >= 0.3 is 12.1 Å². The minimum absolute atomic E-state index is 0.230. The fourth-order valence-corrected chi connectivity index (χ4v) is 2.63. The standard InChI is InChI=1S/C16H13F3N4O2/c1-25-13(24)15(16(17,18)19,23-14-20-7-4-8-21-14)11-9-22-12-6-3-2-5-10(11)12/h2-9,22H,1H3,(H,20,21,23). The molecule has 0 amide bonds. The highest BCUT2D eigenvalue weighted by molar-refractivity contribution is 5.95. The fraction of sp³-hybridized carbons (Fsp3) is 0.188. The molecule has 0 aliphatic heterocycles. The zero-order valence-corrected chi connectivity index (χ0v) is 13.0. The second kappa shape index (κ2) is 6.08. The number of halogens is 3. The quantitative estimate of drug-likeness (QED) is 0.707. The Kier molecular flexibility index (Phi) is 4.07. The number of ether oxygens (including phenoxy) is 1. The van der Waals surface area contributed by atoms with Crippen LogP contribution in [-0.2, 0) is 15.1 Å². The highest BCUT2D eigenvalue weighted by atomic mass is 19.4. The smallest absolute Gasteiger partial charge is 0.426 e. The first-order valence-electron chi connectivity index (χ1n) is 7.17. The number of carbonyl (C=O) groups excluding carboxylic acids is 1. The molecule has 0 aliphatic carbocycles. The maximum Gasteiger partial charge on any atom is 0.426 e. The third kappa shape index (κ3) is 2.67. The van der Waals surface area contributed by atoms with Crippen molar-refractivity contribution >= 4 is 22.8 Å². The van der Waals surface area contributed by atoms with Crippen LogP contribution in [0.2, 0.25) is 0 Å². The van der Waals surface area contributed by atoms with Gasteiger partial charge in [0, 0.05) is 35.1 Å². The molecular weight excluding hydrogens is 337 g/mol. The zero-order valence-electron chi connectivity index (χ0n) is 13.0. The number of alkyl halides is 3. The van der Waals surface area contributed by atoms with Gasteiger partial charge in [-0.2, -0.15) is 13.2 Å². The van der Waals surface area contributed by atoms with E-state index >= 15 is 0 Å². The lowest BCUT2D eigenvalue weighted by Crippen LogP contribution is -2.56. The Morgan fingerprint density at radius 2 is 1.84 bits per heavy atom. The van der Waals surface area contributed by atoms with Gasteiger partial charge in [-0.3, -0.25) is 0 Å². The molecule has 130 valence electrons. The van der Waals surface area contributed by atoms with E-state index in [1.165, 1.54) is 24.5 Å². The number of carbonyl (C=O) groups is 1. The van der Waals surface area contributed by atoms with Crippen LogP contribution in [0.4, 0.5) is 19.1 Å². The van der Waals surface area contributed by atoms with Gasteiger partial charge in [-0.1, -0.05) is 18.2 Å². The topological polar surface area (TPSA) is 79.9 Å². The third-order valence-electron chi connectivity index (χ3n) is 3.78. The van der Waals surface area contributed by atoms with Gasteiger partial charge in [0.05, 0.1) is 7.11 Å². The summed E-state index contributed by atoms with van der Waals surface area (Å²) in [4.78, 5) is 22.6. The Morgan fingerprint density at radius 3 is 2.48 bits per heavy atom. The van der Waals surface area contributed by atoms with Gasteiger partial charge in [0.1, 0.15) is 0 Å². The van der Waals surface area contributed by atoms with Crippen LogP contribution >= 0.6 is 0 Å². The van der Waals surface area contributed by atoms with Crippen molar-refractivity contribution < 1.29 is 22.7 Å². The van der Waals surface area contributed by atoms with Crippen LogP contribution in [0.5, 0.6) is 0 Å². The van der Waals surface area contributed by atoms with Crippen molar-refractivity contribution in [3.8, 4) is 0 Å². The number of nitrogens with zero attached hydrogens (tertiary/aromatic N) is 2. The number of aromatic nitrogens is 3. The summed E-state index contributed by atoms with van der Waals surface area (Å²) >= 11 is 0. The number of hydrogen-bond donors (Lipinski definition) is 2. The highest BCUT2D eigenvalue weighted by Gasteiger charge is 2.64. The molecule has 0 spiro atoms. The average Bonchev–Trinajstić information content (AvgIpc) is 3.03. The average molecular weight is 350 g/mol. The van der Waals surface area contributed by atoms with E-state index in [1.807, 2.05) is 0 Å². The number of para-hydroxylation sites is 1. The Bertz CT molecular complexity index is 895. The predicted molar refractivity (Wildman–Crippen MR) is 83.7 cm³/mol. The van der Waals surface area contributed by atoms with Crippen molar-refractivity contribution in [1.29, 1.82) is 0 Å². The fourth-order valence-electron chi connectivity index (χ4n) is 2.63. The number of hydrogen-bond acceptors (Lipinski definition) is 5. The highest BCUT2D eigenvalue weighted by Crippen LogP contribution is 2.44. The van der Waals surface area contributed by atoms with Crippen LogP contribution in [0.15, 0.2) is 48.9 Å². The number of fused-ring (bicyclic) bond motifs is 1. The number of anilines is 1. The van der Waals surface area contributed by atoms with E-state index in [-0.39, 0.29) is 16.9 Å². The molecule has 0 radical (unpaired) electrons. The van der Waals surface area contributed by atoms with Crippen LogP contribution in [-0.4, -0.2) is 34.2 Å².